The van der Waals surface area contributed by atoms with E-state index in [2.05, 4.69) is 15.3 Å². The number of carboxylic acid groups (broad SMARTS) is 1. The molecule has 3 N–H and O–H groups in total. The number of aromatic carboxylic acids is 1. The summed E-state index contributed by atoms with van der Waals surface area (Å²) in [7, 11) is 0. The van der Waals surface area contributed by atoms with Crippen LogP contribution < -0.4 is 5.32 Å². The summed E-state index contributed by atoms with van der Waals surface area (Å²) in [5, 5.41) is 11.8. The Balaban J connectivity index is 1.80. The van der Waals surface area contributed by atoms with E-state index in [0.717, 1.165) is 11.4 Å². The number of imidazole rings is 1. The van der Waals surface area contributed by atoms with Gasteiger partial charge in [-0.15, -0.1) is 0 Å². The Bertz CT molecular complexity index is 840. The Labute approximate surface area is 131 Å². The first-order valence-electron chi connectivity index (χ1n) is 6.88. The SMILES string of the molecule is O=C(O)c1ccccc1C(=O)Nc1ccc(-c2ncc[nH]2)cc1. The number of carboxylic acids is 1. The molecule has 0 saturated heterocycles. The molecule has 0 bridgehead atoms. The van der Waals surface area contributed by atoms with Gasteiger partial charge in [-0.3, -0.25) is 4.79 Å². The van der Waals surface area contributed by atoms with Crippen molar-refractivity contribution in [3.63, 3.8) is 0 Å². The monoisotopic (exact) mass is 307 g/mol. The van der Waals surface area contributed by atoms with E-state index in [1.807, 2.05) is 12.1 Å². The fourth-order valence-corrected chi connectivity index (χ4v) is 2.20. The Kier molecular flexibility index (Phi) is 3.88. The summed E-state index contributed by atoms with van der Waals surface area (Å²) in [6.07, 6.45) is 3.39. The van der Waals surface area contributed by atoms with Gasteiger partial charge in [-0.2, -0.15) is 0 Å². The molecule has 1 heterocycles. The summed E-state index contributed by atoms with van der Waals surface area (Å²) in [5.41, 5.74) is 1.55. The van der Waals surface area contributed by atoms with E-state index in [1.165, 1.54) is 12.1 Å². The third-order valence-corrected chi connectivity index (χ3v) is 3.32. The summed E-state index contributed by atoms with van der Waals surface area (Å²) in [5.74, 6) is -0.864. The number of anilines is 1. The first-order valence-corrected chi connectivity index (χ1v) is 6.88. The minimum absolute atomic E-state index is 0.0304. The quantitative estimate of drug-likeness (QED) is 0.690. The van der Waals surface area contributed by atoms with Crippen LogP contribution >= 0.6 is 0 Å². The van der Waals surface area contributed by atoms with Crippen LogP contribution in [0.15, 0.2) is 60.9 Å². The predicted octanol–water partition coefficient (Wildman–Crippen LogP) is 3.03. The third-order valence-electron chi connectivity index (χ3n) is 3.32. The van der Waals surface area contributed by atoms with Crippen molar-refractivity contribution in [1.82, 2.24) is 9.97 Å². The number of rotatable bonds is 4. The summed E-state index contributed by atoms with van der Waals surface area (Å²) in [4.78, 5) is 30.6. The molecule has 2 aromatic carbocycles. The average Bonchev–Trinajstić information content (AvgIpc) is 3.10. The van der Waals surface area contributed by atoms with Crippen molar-refractivity contribution < 1.29 is 14.7 Å². The van der Waals surface area contributed by atoms with Gasteiger partial charge in [0.25, 0.3) is 5.91 Å². The molecule has 0 aliphatic heterocycles. The second kappa shape index (κ2) is 6.15. The van der Waals surface area contributed by atoms with E-state index >= 15 is 0 Å². The molecule has 23 heavy (non-hydrogen) atoms. The number of H-pyrrole nitrogens is 1. The number of hydrogen-bond donors (Lipinski definition) is 3. The topological polar surface area (TPSA) is 95.1 Å². The zero-order valence-electron chi connectivity index (χ0n) is 12.0. The number of nitrogens with zero attached hydrogens (tertiary/aromatic N) is 1. The number of aromatic nitrogens is 2. The normalized spacial score (nSPS) is 10.3. The molecule has 0 spiro atoms. The van der Waals surface area contributed by atoms with Gasteiger partial charge in [0, 0.05) is 23.6 Å². The van der Waals surface area contributed by atoms with Gasteiger partial charge >= 0.3 is 5.97 Å². The molecular weight excluding hydrogens is 294 g/mol. The van der Waals surface area contributed by atoms with Crippen molar-refractivity contribution in [2.45, 2.75) is 0 Å². The molecule has 6 heteroatoms. The highest BCUT2D eigenvalue weighted by molar-refractivity contribution is 6.10. The van der Waals surface area contributed by atoms with Gasteiger partial charge in [-0.1, -0.05) is 12.1 Å². The number of carbonyl (C=O) groups is 2. The van der Waals surface area contributed by atoms with E-state index < -0.39 is 11.9 Å². The summed E-state index contributed by atoms with van der Waals surface area (Å²) >= 11 is 0. The Hall–Kier alpha value is -3.41. The largest absolute Gasteiger partial charge is 0.478 e. The molecule has 0 radical (unpaired) electrons. The van der Waals surface area contributed by atoms with E-state index in [-0.39, 0.29) is 11.1 Å². The smallest absolute Gasteiger partial charge is 0.336 e. The van der Waals surface area contributed by atoms with E-state index in [0.29, 0.717) is 5.69 Å². The van der Waals surface area contributed by atoms with Crippen LogP contribution in [0.4, 0.5) is 5.69 Å². The molecule has 0 aliphatic carbocycles. The molecule has 6 nitrogen and oxygen atoms in total. The van der Waals surface area contributed by atoms with Crippen LogP contribution in [0.5, 0.6) is 0 Å². The molecule has 3 rings (SSSR count). The number of hydrogen-bond acceptors (Lipinski definition) is 3. The number of carbonyl (C=O) groups excluding carboxylic acids is 1. The molecular formula is C17H13N3O3. The van der Waals surface area contributed by atoms with Crippen LogP contribution in [0.1, 0.15) is 20.7 Å². The van der Waals surface area contributed by atoms with Gasteiger partial charge in [-0.25, -0.2) is 9.78 Å². The van der Waals surface area contributed by atoms with Crippen molar-refractivity contribution in [3.05, 3.63) is 72.1 Å². The summed E-state index contributed by atoms with van der Waals surface area (Å²) < 4.78 is 0. The number of aromatic amines is 1. The van der Waals surface area contributed by atoms with Gasteiger partial charge in [0.2, 0.25) is 0 Å². The minimum Gasteiger partial charge on any atom is -0.478 e. The lowest BCUT2D eigenvalue weighted by atomic mass is 10.1. The van der Waals surface area contributed by atoms with Crippen LogP contribution in [-0.2, 0) is 0 Å². The highest BCUT2D eigenvalue weighted by Gasteiger charge is 2.15. The Morgan fingerprint density at radius 2 is 1.70 bits per heavy atom. The summed E-state index contributed by atoms with van der Waals surface area (Å²) in [6, 6.07) is 13.2. The third kappa shape index (κ3) is 3.11. The first kappa shape index (κ1) is 14.5. The molecule has 3 aromatic rings. The van der Waals surface area contributed by atoms with Gasteiger partial charge in [0.15, 0.2) is 0 Å². The lowest BCUT2D eigenvalue weighted by molar-refractivity contribution is 0.0692. The van der Waals surface area contributed by atoms with Crippen molar-refractivity contribution in [1.29, 1.82) is 0 Å². The highest BCUT2D eigenvalue weighted by atomic mass is 16.4. The average molecular weight is 307 g/mol. The fraction of sp³-hybridized carbons (Fsp3) is 0. The Morgan fingerprint density at radius 3 is 2.30 bits per heavy atom. The van der Waals surface area contributed by atoms with Crippen molar-refractivity contribution in [3.8, 4) is 11.4 Å². The van der Waals surface area contributed by atoms with Crippen LogP contribution in [0, 0.1) is 0 Å². The van der Waals surface area contributed by atoms with Crippen molar-refractivity contribution in [2.75, 3.05) is 5.32 Å². The van der Waals surface area contributed by atoms with Gasteiger partial charge in [-0.05, 0) is 36.4 Å². The standard InChI is InChI=1S/C17H13N3O3/c21-16(13-3-1-2-4-14(13)17(22)23)20-12-7-5-11(6-8-12)15-18-9-10-19-15/h1-10H,(H,18,19)(H,20,21)(H,22,23). The van der Waals surface area contributed by atoms with Gasteiger partial charge in [0.05, 0.1) is 11.1 Å². The second-order valence-electron chi connectivity index (χ2n) is 4.82. The van der Waals surface area contributed by atoms with Crippen LogP contribution in [0.3, 0.4) is 0 Å². The molecule has 1 amide bonds. The predicted molar refractivity (Wildman–Crippen MR) is 85.4 cm³/mol. The maximum absolute atomic E-state index is 12.3. The second-order valence-corrected chi connectivity index (χ2v) is 4.82. The first-order chi connectivity index (χ1) is 11.1. The molecule has 0 saturated carbocycles. The Morgan fingerprint density at radius 1 is 1.00 bits per heavy atom. The lowest BCUT2D eigenvalue weighted by Crippen LogP contribution is -2.16. The number of amides is 1. The van der Waals surface area contributed by atoms with Crippen molar-refractivity contribution in [2.24, 2.45) is 0 Å². The van der Waals surface area contributed by atoms with Gasteiger partial charge in [0.1, 0.15) is 5.82 Å². The molecule has 0 aliphatic rings. The van der Waals surface area contributed by atoms with Crippen LogP contribution in [-0.4, -0.2) is 27.0 Å². The minimum atomic E-state index is -1.14. The van der Waals surface area contributed by atoms with Crippen LogP contribution in [0.25, 0.3) is 11.4 Å². The van der Waals surface area contributed by atoms with E-state index in [9.17, 15) is 9.59 Å². The van der Waals surface area contributed by atoms with Gasteiger partial charge < -0.3 is 15.4 Å². The number of benzene rings is 2. The lowest BCUT2D eigenvalue weighted by Gasteiger charge is -2.08. The zero-order valence-corrected chi connectivity index (χ0v) is 12.0. The van der Waals surface area contributed by atoms with E-state index in [1.54, 1.807) is 36.7 Å². The molecule has 0 unspecified atom stereocenters. The maximum atomic E-state index is 12.3. The molecule has 1 aromatic heterocycles. The highest BCUT2D eigenvalue weighted by Crippen LogP contribution is 2.19. The zero-order chi connectivity index (χ0) is 16.2. The number of nitrogens with one attached hydrogen (secondary N) is 2. The molecule has 0 fully saturated rings. The van der Waals surface area contributed by atoms with E-state index in [4.69, 9.17) is 5.11 Å². The summed E-state index contributed by atoms with van der Waals surface area (Å²) in [6.45, 7) is 0. The maximum Gasteiger partial charge on any atom is 0.336 e. The molecule has 0 atom stereocenters. The molecule has 114 valence electrons. The van der Waals surface area contributed by atoms with Crippen molar-refractivity contribution >= 4 is 17.6 Å². The fourth-order valence-electron chi connectivity index (χ4n) is 2.20. The van der Waals surface area contributed by atoms with Crippen LogP contribution in [0.2, 0.25) is 0 Å².